The number of carbonyl (C=O) groups is 2. The summed E-state index contributed by atoms with van der Waals surface area (Å²) >= 11 is 0. The van der Waals surface area contributed by atoms with Gasteiger partial charge < -0.3 is 20.6 Å². The lowest BCUT2D eigenvalue weighted by Crippen LogP contribution is -2.43. The molecule has 0 radical (unpaired) electrons. The maximum atomic E-state index is 11.9. The molecule has 1 aliphatic rings. The predicted octanol–water partition coefficient (Wildman–Crippen LogP) is 1.50. The fraction of sp³-hybridized carbons (Fsp3) is 0.529. The average Bonchev–Trinajstić information content (AvgIpc) is 2.60. The summed E-state index contributed by atoms with van der Waals surface area (Å²) in [5, 5.41) is 14.1. The van der Waals surface area contributed by atoms with Gasteiger partial charge >= 0.3 is 11.8 Å². The Labute approximate surface area is 136 Å². The van der Waals surface area contributed by atoms with Crippen LogP contribution >= 0.6 is 0 Å². The van der Waals surface area contributed by atoms with Crippen molar-refractivity contribution < 1.29 is 14.7 Å². The number of aliphatic hydroxyl groups excluding tert-OH is 1. The second kappa shape index (κ2) is 8.53. The van der Waals surface area contributed by atoms with Crippen LogP contribution in [0, 0.1) is 0 Å². The molecule has 2 amide bonds. The first-order valence-electron chi connectivity index (χ1n) is 8.21. The third-order valence-corrected chi connectivity index (χ3v) is 4.10. The van der Waals surface area contributed by atoms with Crippen molar-refractivity contribution in [2.75, 3.05) is 29.9 Å². The largest absolute Gasteiger partial charge is 0.394 e. The van der Waals surface area contributed by atoms with Crippen LogP contribution in [-0.2, 0) is 9.59 Å². The summed E-state index contributed by atoms with van der Waals surface area (Å²) < 4.78 is 0. The molecule has 1 aromatic rings. The van der Waals surface area contributed by atoms with Crippen molar-refractivity contribution in [2.24, 2.45) is 0 Å². The molecule has 1 heterocycles. The summed E-state index contributed by atoms with van der Waals surface area (Å²) in [4.78, 5) is 25.9. The fourth-order valence-corrected chi connectivity index (χ4v) is 2.62. The van der Waals surface area contributed by atoms with Crippen LogP contribution < -0.4 is 15.5 Å². The van der Waals surface area contributed by atoms with E-state index in [1.165, 1.54) is 19.3 Å². The van der Waals surface area contributed by atoms with Gasteiger partial charge in [0.25, 0.3) is 0 Å². The van der Waals surface area contributed by atoms with E-state index in [1.807, 2.05) is 19.1 Å². The number of carbonyl (C=O) groups excluding carboxylic acids is 2. The number of nitrogens with one attached hydrogen (secondary N) is 2. The third-order valence-electron chi connectivity index (χ3n) is 4.10. The third kappa shape index (κ3) is 4.96. The fourth-order valence-electron chi connectivity index (χ4n) is 2.62. The first-order valence-corrected chi connectivity index (χ1v) is 8.21. The van der Waals surface area contributed by atoms with Gasteiger partial charge in [0.1, 0.15) is 0 Å². The highest BCUT2D eigenvalue weighted by Crippen LogP contribution is 2.21. The Morgan fingerprint density at radius 1 is 1.13 bits per heavy atom. The quantitative estimate of drug-likeness (QED) is 0.719. The monoisotopic (exact) mass is 319 g/mol. The molecule has 1 aliphatic heterocycles. The average molecular weight is 319 g/mol. The zero-order valence-corrected chi connectivity index (χ0v) is 13.5. The normalized spacial score (nSPS) is 15.8. The maximum absolute atomic E-state index is 11.9. The first-order chi connectivity index (χ1) is 11.1. The van der Waals surface area contributed by atoms with Gasteiger partial charge in [-0.2, -0.15) is 0 Å². The molecular formula is C17H25N3O3. The van der Waals surface area contributed by atoms with Gasteiger partial charge in [-0.1, -0.05) is 6.92 Å². The molecule has 1 atom stereocenters. The van der Waals surface area contributed by atoms with Gasteiger partial charge in [0, 0.05) is 24.5 Å². The standard InChI is InChI=1S/C17H25N3O3/c1-2-13(12-21)18-16(22)17(23)19-14-6-8-15(9-7-14)20-10-4-3-5-11-20/h6-9,13,21H,2-5,10-12H2,1H3,(H,18,22)(H,19,23). The van der Waals surface area contributed by atoms with Gasteiger partial charge in [0.2, 0.25) is 0 Å². The number of amides is 2. The minimum Gasteiger partial charge on any atom is -0.394 e. The molecule has 6 nitrogen and oxygen atoms in total. The Balaban J connectivity index is 1.89. The van der Waals surface area contributed by atoms with Crippen molar-refractivity contribution in [3.63, 3.8) is 0 Å². The van der Waals surface area contributed by atoms with Crippen molar-refractivity contribution in [2.45, 2.75) is 38.6 Å². The zero-order valence-electron chi connectivity index (χ0n) is 13.5. The lowest BCUT2D eigenvalue weighted by molar-refractivity contribution is -0.136. The predicted molar refractivity (Wildman–Crippen MR) is 90.4 cm³/mol. The lowest BCUT2D eigenvalue weighted by atomic mass is 10.1. The Kier molecular flexibility index (Phi) is 6.40. The van der Waals surface area contributed by atoms with Crippen molar-refractivity contribution in [3.8, 4) is 0 Å². The van der Waals surface area contributed by atoms with Crippen molar-refractivity contribution in [3.05, 3.63) is 24.3 Å². The van der Waals surface area contributed by atoms with Gasteiger partial charge in [0.05, 0.1) is 12.6 Å². The summed E-state index contributed by atoms with van der Waals surface area (Å²) in [5.74, 6) is -1.45. The van der Waals surface area contributed by atoms with E-state index in [0.717, 1.165) is 18.8 Å². The molecule has 126 valence electrons. The number of aliphatic hydroxyl groups is 1. The zero-order chi connectivity index (χ0) is 16.7. The Morgan fingerprint density at radius 3 is 2.35 bits per heavy atom. The molecule has 6 heteroatoms. The molecule has 1 fully saturated rings. The van der Waals surface area contributed by atoms with Gasteiger partial charge in [-0.25, -0.2) is 0 Å². The minimum absolute atomic E-state index is 0.181. The molecule has 0 bridgehead atoms. The first kappa shape index (κ1) is 17.3. The Bertz CT molecular complexity index is 520. The van der Waals surface area contributed by atoms with Crippen LogP contribution in [0.15, 0.2) is 24.3 Å². The van der Waals surface area contributed by atoms with E-state index < -0.39 is 17.9 Å². The van der Waals surface area contributed by atoms with Gasteiger partial charge in [-0.05, 0) is 49.9 Å². The lowest BCUT2D eigenvalue weighted by Gasteiger charge is -2.28. The number of rotatable bonds is 5. The molecule has 1 unspecified atom stereocenters. The highest BCUT2D eigenvalue weighted by atomic mass is 16.3. The molecule has 1 saturated heterocycles. The highest BCUT2D eigenvalue weighted by molar-refractivity contribution is 6.39. The molecular weight excluding hydrogens is 294 g/mol. The van der Waals surface area contributed by atoms with Crippen LogP contribution in [0.25, 0.3) is 0 Å². The summed E-state index contributed by atoms with van der Waals surface area (Å²) in [6, 6.07) is 7.13. The molecule has 0 spiro atoms. The van der Waals surface area contributed by atoms with E-state index in [1.54, 1.807) is 12.1 Å². The van der Waals surface area contributed by atoms with Gasteiger partial charge in [-0.15, -0.1) is 0 Å². The second-order valence-corrected chi connectivity index (χ2v) is 5.81. The van der Waals surface area contributed by atoms with E-state index >= 15 is 0 Å². The maximum Gasteiger partial charge on any atom is 0.313 e. The van der Waals surface area contributed by atoms with Crippen LogP contribution in [0.1, 0.15) is 32.6 Å². The molecule has 23 heavy (non-hydrogen) atoms. The minimum atomic E-state index is -0.731. The van der Waals surface area contributed by atoms with Gasteiger partial charge in [0.15, 0.2) is 0 Å². The van der Waals surface area contributed by atoms with Crippen LogP contribution in [0.4, 0.5) is 11.4 Å². The summed E-state index contributed by atoms with van der Waals surface area (Å²) in [5.41, 5.74) is 1.72. The molecule has 3 N–H and O–H groups in total. The molecule has 2 rings (SSSR count). The summed E-state index contributed by atoms with van der Waals surface area (Å²) in [6.45, 7) is 3.78. The Hall–Kier alpha value is -2.08. The topological polar surface area (TPSA) is 81.7 Å². The van der Waals surface area contributed by atoms with E-state index in [4.69, 9.17) is 5.11 Å². The van der Waals surface area contributed by atoms with Crippen LogP contribution in [0.3, 0.4) is 0 Å². The van der Waals surface area contributed by atoms with E-state index in [0.29, 0.717) is 12.1 Å². The summed E-state index contributed by atoms with van der Waals surface area (Å²) in [6.07, 6.45) is 4.27. The van der Waals surface area contributed by atoms with Crippen molar-refractivity contribution in [1.29, 1.82) is 0 Å². The van der Waals surface area contributed by atoms with E-state index in [-0.39, 0.29) is 6.61 Å². The van der Waals surface area contributed by atoms with Crippen molar-refractivity contribution >= 4 is 23.2 Å². The number of anilines is 2. The number of nitrogens with zero attached hydrogens (tertiary/aromatic N) is 1. The highest BCUT2D eigenvalue weighted by Gasteiger charge is 2.17. The van der Waals surface area contributed by atoms with Gasteiger partial charge in [-0.3, -0.25) is 9.59 Å². The van der Waals surface area contributed by atoms with Crippen LogP contribution in [-0.4, -0.2) is 42.7 Å². The smallest absolute Gasteiger partial charge is 0.313 e. The van der Waals surface area contributed by atoms with Crippen LogP contribution in [0.2, 0.25) is 0 Å². The molecule has 0 saturated carbocycles. The SMILES string of the molecule is CCC(CO)NC(=O)C(=O)Nc1ccc(N2CCCCC2)cc1. The van der Waals surface area contributed by atoms with Crippen LogP contribution in [0.5, 0.6) is 0 Å². The number of hydrogen-bond acceptors (Lipinski definition) is 4. The Morgan fingerprint density at radius 2 is 1.78 bits per heavy atom. The van der Waals surface area contributed by atoms with E-state index in [2.05, 4.69) is 15.5 Å². The van der Waals surface area contributed by atoms with E-state index in [9.17, 15) is 9.59 Å². The number of benzene rings is 1. The molecule has 0 aromatic heterocycles. The summed E-state index contributed by atoms with van der Waals surface area (Å²) in [7, 11) is 0. The molecule has 0 aliphatic carbocycles. The molecule has 1 aromatic carbocycles. The van der Waals surface area contributed by atoms with Crippen molar-refractivity contribution in [1.82, 2.24) is 5.32 Å². The number of hydrogen-bond donors (Lipinski definition) is 3. The second-order valence-electron chi connectivity index (χ2n) is 5.81. The number of piperidine rings is 1.